The number of fused-ring (bicyclic) bond motifs is 1. The van der Waals surface area contributed by atoms with Crippen LogP contribution >= 0.6 is 38.9 Å². The predicted octanol–water partition coefficient (Wildman–Crippen LogP) is 6.81. The van der Waals surface area contributed by atoms with Crippen molar-refractivity contribution in [3.8, 4) is 0 Å². The minimum atomic E-state index is -4.67. The number of halogens is 5. The van der Waals surface area contributed by atoms with Crippen LogP contribution in [0.3, 0.4) is 0 Å². The molecule has 0 bridgehead atoms. The number of esters is 1. The molecule has 0 radical (unpaired) electrons. The van der Waals surface area contributed by atoms with Gasteiger partial charge in [-0.3, -0.25) is 4.79 Å². The van der Waals surface area contributed by atoms with Gasteiger partial charge in [-0.2, -0.15) is 18.3 Å². The van der Waals surface area contributed by atoms with Gasteiger partial charge in [0.1, 0.15) is 15.8 Å². The maximum atomic E-state index is 14.1. The Balaban J connectivity index is 1.72. The maximum Gasteiger partial charge on any atom is 0.410 e. The summed E-state index contributed by atoms with van der Waals surface area (Å²) < 4.78 is 48.8. The predicted molar refractivity (Wildman–Crippen MR) is 141 cm³/mol. The lowest BCUT2D eigenvalue weighted by Gasteiger charge is -2.33. The molecular weight excluding hydrogens is 613 g/mol. The van der Waals surface area contributed by atoms with Crippen LogP contribution in [0.4, 0.5) is 24.0 Å². The van der Waals surface area contributed by atoms with E-state index in [1.165, 1.54) is 6.92 Å². The highest BCUT2D eigenvalue weighted by atomic mass is 79.9. The minimum absolute atomic E-state index is 0.0443. The quantitative estimate of drug-likeness (QED) is 0.257. The Kier molecular flexibility index (Phi) is 8.12. The molecule has 1 amide bonds. The van der Waals surface area contributed by atoms with E-state index < -0.39 is 41.9 Å². The molecule has 4 rings (SSSR count). The summed E-state index contributed by atoms with van der Waals surface area (Å²) in [5.74, 6) is -1.77. The van der Waals surface area contributed by atoms with Crippen LogP contribution < -0.4 is 10.6 Å². The first kappa shape index (κ1) is 28.4. The molecule has 3 atom stereocenters. The second-order valence-electron chi connectivity index (χ2n) is 8.64. The molecule has 3 heterocycles. The lowest BCUT2D eigenvalue weighted by Crippen LogP contribution is -2.35. The van der Waals surface area contributed by atoms with Crippen molar-refractivity contribution in [2.24, 2.45) is 0 Å². The number of nitrogens with zero attached hydrogens (tertiary/aromatic N) is 2. The third-order valence-electron chi connectivity index (χ3n) is 6.05. The van der Waals surface area contributed by atoms with Crippen LogP contribution in [-0.4, -0.2) is 39.5 Å². The summed E-state index contributed by atoms with van der Waals surface area (Å²) in [7, 11) is 0. The summed E-state index contributed by atoms with van der Waals surface area (Å²) in [6.45, 7) is 4.80. The fourth-order valence-electron chi connectivity index (χ4n) is 4.28. The zero-order valence-electron chi connectivity index (χ0n) is 20.3. The number of hydrogen-bond donors (Lipinski definition) is 3. The van der Waals surface area contributed by atoms with E-state index in [9.17, 15) is 27.9 Å². The molecule has 38 heavy (non-hydrogen) atoms. The van der Waals surface area contributed by atoms with Crippen LogP contribution in [0.1, 0.15) is 75.3 Å². The van der Waals surface area contributed by atoms with Crippen molar-refractivity contribution in [1.29, 1.82) is 0 Å². The molecule has 3 aromatic rings. The zero-order valence-corrected chi connectivity index (χ0v) is 23.5. The molecule has 1 aromatic carbocycles. The van der Waals surface area contributed by atoms with E-state index in [1.807, 2.05) is 0 Å². The Morgan fingerprint density at radius 3 is 2.61 bits per heavy atom. The number of hydrogen-bond acceptors (Lipinski definition) is 7. The molecule has 0 spiro atoms. The van der Waals surface area contributed by atoms with Gasteiger partial charge < -0.3 is 20.5 Å². The average molecular weight is 636 g/mol. The minimum Gasteiger partial charge on any atom is -0.462 e. The lowest BCUT2D eigenvalue weighted by molar-refractivity contribution is -0.173. The molecule has 3 N–H and O–H groups in total. The van der Waals surface area contributed by atoms with Crippen LogP contribution in [-0.2, 0) is 4.74 Å². The normalized spacial score (nSPS) is 17.9. The van der Waals surface area contributed by atoms with Gasteiger partial charge in [0.2, 0.25) is 0 Å². The first-order chi connectivity index (χ1) is 17.8. The van der Waals surface area contributed by atoms with Gasteiger partial charge in [0.05, 0.1) is 24.3 Å². The summed E-state index contributed by atoms with van der Waals surface area (Å²) in [5, 5.41) is 19.3. The van der Waals surface area contributed by atoms with E-state index in [-0.39, 0.29) is 34.4 Å². The van der Waals surface area contributed by atoms with Crippen molar-refractivity contribution in [2.75, 3.05) is 17.2 Å². The number of alkyl halides is 3. The first-order valence-electron chi connectivity index (χ1n) is 11.5. The molecular formula is C24H23BrClF3N4O4S. The summed E-state index contributed by atoms with van der Waals surface area (Å²) in [6.07, 6.45) is -5.97. The van der Waals surface area contributed by atoms with E-state index in [2.05, 4.69) is 31.7 Å². The second kappa shape index (κ2) is 10.9. The number of aliphatic hydroxyl groups is 1. The molecule has 1 aliphatic rings. The summed E-state index contributed by atoms with van der Waals surface area (Å²) >= 11 is 10.7. The van der Waals surface area contributed by atoms with E-state index in [0.717, 1.165) is 15.8 Å². The molecule has 0 saturated heterocycles. The number of anilines is 2. The Morgan fingerprint density at radius 2 is 2.03 bits per heavy atom. The van der Waals surface area contributed by atoms with Crippen LogP contribution in [0.25, 0.3) is 0 Å². The maximum absolute atomic E-state index is 14.1. The third kappa shape index (κ3) is 5.42. The molecule has 2 aromatic heterocycles. The van der Waals surface area contributed by atoms with Crippen molar-refractivity contribution in [2.45, 2.75) is 51.6 Å². The number of ether oxygens (including phenoxy) is 1. The number of aliphatic hydroxyl groups excluding tert-OH is 1. The van der Waals surface area contributed by atoms with E-state index in [0.29, 0.717) is 20.7 Å². The van der Waals surface area contributed by atoms with Gasteiger partial charge in [0.25, 0.3) is 5.91 Å². The summed E-state index contributed by atoms with van der Waals surface area (Å²) in [4.78, 5) is 26.2. The number of benzene rings is 1. The van der Waals surface area contributed by atoms with Crippen molar-refractivity contribution >= 4 is 61.6 Å². The standard InChI is InChI=1S/C24H23BrClF3N4O4S/c1-4-37-23(36)16-10(2)19(11(3)34)38-22(16)31-21(35)18-17(26)20-30-14(12-5-7-13(25)8-6-12)9-15(24(27,28)29)33(20)32-18/h5-8,11,14-15,30,34H,4,9H2,1-3H3,(H,31,35)/t11-,14-,15-/m1/s1. The Morgan fingerprint density at radius 1 is 1.37 bits per heavy atom. The van der Waals surface area contributed by atoms with E-state index in [4.69, 9.17) is 16.3 Å². The molecule has 0 saturated carbocycles. The average Bonchev–Trinajstić information content (AvgIpc) is 3.35. The highest BCUT2D eigenvalue weighted by Gasteiger charge is 2.48. The number of nitrogens with one attached hydrogen (secondary N) is 2. The Labute approximate surface area is 233 Å². The van der Waals surface area contributed by atoms with Crippen molar-refractivity contribution in [3.63, 3.8) is 0 Å². The number of thiophene rings is 1. The largest absolute Gasteiger partial charge is 0.462 e. The van der Waals surface area contributed by atoms with E-state index >= 15 is 0 Å². The molecule has 0 fully saturated rings. The van der Waals surface area contributed by atoms with Crippen LogP contribution in [0.2, 0.25) is 5.02 Å². The van der Waals surface area contributed by atoms with Gasteiger partial charge in [-0.25, -0.2) is 9.48 Å². The second-order valence-corrected chi connectivity index (χ2v) is 11.0. The van der Waals surface area contributed by atoms with Gasteiger partial charge in [-0.05, 0) is 44.0 Å². The number of aromatic nitrogens is 2. The number of amides is 1. The Hall–Kier alpha value is -2.61. The van der Waals surface area contributed by atoms with Crippen LogP contribution in [0, 0.1) is 6.92 Å². The summed E-state index contributed by atoms with van der Waals surface area (Å²) in [5.41, 5.74) is 0.628. The van der Waals surface area contributed by atoms with Gasteiger partial charge in [0, 0.05) is 15.8 Å². The molecule has 8 nitrogen and oxygen atoms in total. The fourth-order valence-corrected chi connectivity index (χ4v) is 5.93. The van der Waals surface area contributed by atoms with Crippen LogP contribution in [0.15, 0.2) is 28.7 Å². The monoisotopic (exact) mass is 634 g/mol. The molecule has 0 unspecified atom stereocenters. The smallest absolute Gasteiger partial charge is 0.410 e. The van der Waals surface area contributed by atoms with E-state index in [1.54, 1.807) is 38.1 Å². The van der Waals surface area contributed by atoms with Crippen LogP contribution in [0.5, 0.6) is 0 Å². The molecule has 1 aliphatic heterocycles. The molecule has 0 aliphatic carbocycles. The Bertz CT molecular complexity index is 1370. The third-order valence-corrected chi connectivity index (χ3v) is 8.32. The van der Waals surface area contributed by atoms with Crippen molar-refractivity contribution in [1.82, 2.24) is 9.78 Å². The summed E-state index contributed by atoms with van der Waals surface area (Å²) in [6, 6.07) is 4.05. The van der Waals surface area contributed by atoms with Crippen molar-refractivity contribution in [3.05, 3.63) is 61.0 Å². The number of carbonyl (C=O) groups is 2. The van der Waals surface area contributed by atoms with Gasteiger partial charge in [-0.1, -0.05) is 39.7 Å². The topological polar surface area (TPSA) is 105 Å². The fraction of sp³-hybridized carbons (Fsp3) is 0.375. The zero-order chi connectivity index (χ0) is 27.9. The van der Waals surface area contributed by atoms with Gasteiger partial charge in [0.15, 0.2) is 11.7 Å². The molecule has 204 valence electrons. The number of carbonyl (C=O) groups excluding carboxylic acids is 2. The van der Waals surface area contributed by atoms with Crippen molar-refractivity contribution < 1.29 is 32.6 Å². The van der Waals surface area contributed by atoms with Gasteiger partial charge >= 0.3 is 12.1 Å². The highest BCUT2D eigenvalue weighted by Crippen LogP contribution is 2.46. The van der Waals surface area contributed by atoms with Gasteiger partial charge in [-0.15, -0.1) is 11.3 Å². The highest BCUT2D eigenvalue weighted by molar-refractivity contribution is 9.10. The SMILES string of the molecule is CCOC(=O)c1c(NC(=O)c2nn3c(c2Cl)N[C@@H](c2ccc(Br)cc2)C[C@@H]3C(F)(F)F)sc([C@@H](C)O)c1C. The molecule has 14 heteroatoms. The number of rotatable bonds is 6. The lowest BCUT2D eigenvalue weighted by atomic mass is 9.97. The first-order valence-corrected chi connectivity index (χ1v) is 13.5.